The molecule has 0 atom stereocenters. The van der Waals surface area contributed by atoms with E-state index in [0.717, 1.165) is 0 Å². The van der Waals surface area contributed by atoms with E-state index in [1.807, 2.05) is 0 Å². The number of ether oxygens (including phenoxy) is 1. The van der Waals surface area contributed by atoms with Crippen LogP contribution >= 0.6 is 0 Å². The molecule has 0 spiro atoms. The zero-order valence-corrected chi connectivity index (χ0v) is 14.5. The van der Waals surface area contributed by atoms with Crippen LogP contribution in [-0.4, -0.2) is 22.7 Å². The van der Waals surface area contributed by atoms with Gasteiger partial charge in [0.15, 0.2) is 0 Å². The molecular formula is C19H22N2O4. The van der Waals surface area contributed by atoms with Gasteiger partial charge in [-0.25, -0.2) is 4.79 Å². The van der Waals surface area contributed by atoms with Crippen molar-refractivity contribution in [1.29, 1.82) is 0 Å². The number of hydrogen-bond acceptors (Lipinski definition) is 4. The van der Waals surface area contributed by atoms with Gasteiger partial charge in [0.2, 0.25) is 0 Å². The maximum atomic E-state index is 12.1. The largest absolute Gasteiger partial charge is 0.508 e. The summed E-state index contributed by atoms with van der Waals surface area (Å²) in [6, 6.07) is 12.7. The van der Waals surface area contributed by atoms with Crippen molar-refractivity contribution >= 4 is 23.4 Å². The van der Waals surface area contributed by atoms with Crippen molar-refractivity contribution < 1.29 is 19.4 Å². The molecule has 6 nitrogen and oxygen atoms in total. The van der Waals surface area contributed by atoms with E-state index in [-0.39, 0.29) is 18.1 Å². The Morgan fingerprint density at radius 3 is 2.28 bits per heavy atom. The van der Waals surface area contributed by atoms with Crippen molar-refractivity contribution in [2.75, 3.05) is 10.6 Å². The summed E-state index contributed by atoms with van der Waals surface area (Å²) in [5.41, 5.74) is 1.18. The van der Waals surface area contributed by atoms with Crippen LogP contribution in [0.5, 0.6) is 5.75 Å². The Morgan fingerprint density at radius 1 is 1.00 bits per heavy atom. The summed E-state index contributed by atoms with van der Waals surface area (Å²) < 4.78 is 5.32. The molecule has 0 radical (unpaired) electrons. The summed E-state index contributed by atoms with van der Waals surface area (Å²) in [7, 11) is 0. The van der Waals surface area contributed by atoms with Gasteiger partial charge < -0.3 is 20.5 Å². The molecule has 2 aromatic carbocycles. The molecular weight excluding hydrogens is 320 g/mol. The van der Waals surface area contributed by atoms with E-state index in [2.05, 4.69) is 10.6 Å². The maximum Gasteiger partial charge on any atom is 0.323 e. The summed E-state index contributed by atoms with van der Waals surface area (Å²) in [4.78, 5) is 24.1. The zero-order chi connectivity index (χ0) is 18.4. The Hall–Kier alpha value is -3.02. The number of hydrogen-bond donors (Lipinski definition) is 3. The first-order chi connectivity index (χ1) is 11.7. The van der Waals surface area contributed by atoms with E-state index >= 15 is 0 Å². The smallest absolute Gasteiger partial charge is 0.323 e. The number of rotatable bonds is 4. The summed E-state index contributed by atoms with van der Waals surface area (Å²) >= 11 is 0. The number of aromatic hydroxyl groups is 1. The maximum absolute atomic E-state index is 12.1. The van der Waals surface area contributed by atoms with Crippen molar-refractivity contribution in [2.45, 2.75) is 32.8 Å². The fourth-order valence-electron chi connectivity index (χ4n) is 2.16. The van der Waals surface area contributed by atoms with Crippen molar-refractivity contribution in [3.8, 4) is 5.75 Å². The molecule has 0 heterocycles. The second kappa shape index (κ2) is 7.70. The van der Waals surface area contributed by atoms with Crippen LogP contribution in [-0.2, 0) is 16.0 Å². The van der Waals surface area contributed by atoms with E-state index in [1.165, 1.54) is 12.1 Å². The van der Waals surface area contributed by atoms with Gasteiger partial charge in [0.1, 0.15) is 11.4 Å². The minimum Gasteiger partial charge on any atom is -0.508 e. The van der Waals surface area contributed by atoms with Gasteiger partial charge >= 0.3 is 12.0 Å². The molecule has 25 heavy (non-hydrogen) atoms. The fourth-order valence-corrected chi connectivity index (χ4v) is 2.16. The lowest BCUT2D eigenvalue weighted by Gasteiger charge is -2.20. The van der Waals surface area contributed by atoms with Gasteiger partial charge in [-0.05, 0) is 56.7 Å². The van der Waals surface area contributed by atoms with E-state index in [1.54, 1.807) is 57.2 Å². The highest BCUT2D eigenvalue weighted by molar-refractivity contribution is 6.00. The molecule has 0 saturated heterocycles. The third kappa shape index (κ3) is 6.18. The van der Waals surface area contributed by atoms with Crippen molar-refractivity contribution in [3.05, 3.63) is 54.1 Å². The van der Waals surface area contributed by atoms with Crippen molar-refractivity contribution in [1.82, 2.24) is 0 Å². The first-order valence-electron chi connectivity index (χ1n) is 7.90. The second-order valence-corrected chi connectivity index (χ2v) is 6.55. The molecule has 0 aromatic heterocycles. The van der Waals surface area contributed by atoms with Crippen LogP contribution in [0.15, 0.2) is 48.5 Å². The van der Waals surface area contributed by atoms with Gasteiger partial charge in [-0.3, -0.25) is 4.79 Å². The Morgan fingerprint density at radius 2 is 1.64 bits per heavy atom. The molecule has 0 aliphatic heterocycles. The van der Waals surface area contributed by atoms with E-state index in [4.69, 9.17) is 4.74 Å². The first kappa shape index (κ1) is 18.3. The minimum atomic E-state index is -0.560. The second-order valence-electron chi connectivity index (χ2n) is 6.55. The lowest BCUT2D eigenvalue weighted by molar-refractivity contribution is -0.153. The van der Waals surface area contributed by atoms with Gasteiger partial charge in [0, 0.05) is 11.4 Å². The third-order valence-corrected chi connectivity index (χ3v) is 3.15. The number of nitrogens with one attached hydrogen (secondary N) is 2. The standard InChI is InChI=1S/C19H22N2O4/c1-19(2,3)25-17(23)12-13-6-4-5-7-16(13)21-18(24)20-14-8-10-15(22)11-9-14/h4-11,22H,12H2,1-3H3,(H2,20,21,24). The number of amides is 2. The quantitative estimate of drug-likeness (QED) is 0.580. The van der Waals surface area contributed by atoms with Gasteiger partial charge in [-0.1, -0.05) is 18.2 Å². The number of urea groups is 1. The normalized spacial score (nSPS) is 10.8. The third-order valence-electron chi connectivity index (χ3n) is 3.15. The molecule has 0 aliphatic carbocycles. The summed E-state index contributed by atoms with van der Waals surface area (Å²) in [5, 5.41) is 14.6. The van der Waals surface area contributed by atoms with Crippen LogP contribution in [0.4, 0.5) is 16.2 Å². The molecule has 0 unspecified atom stereocenters. The van der Waals surface area contributed by atoms with Gasteiger partial charge in [0.25, 0.3) is 0 Å². The number of phenolic OH excluding ortho intramolecular Hbond substituents is 1. The SMILES string of the molecule is CC(C)(C)OC(=O)Cc1ccccc1NC(=O)Nc1ccc(O)cc1. The average molecular weight is 342 g/mol. The molecule has 132 valence electrons. The number of benzene rings is 2. The summed E-state index contributed by atoms with van der Waals surface area (Å²) in [6.07, 6.45) is 0.0624. The Labute approximate surface area is 146 Å². The monoisotopic (exact) mass is 342 g/mol. The van der Waals surface area contributed by atoms with Crippen LogP contribution in [0.3, 0.4) is 0 Å². The minimum absolute atomic E-state index is 0.0624. The highest BCUT2D eigenvalue weighted by Crippen LogP contribution is 2.19. The Balaban J connectivity index is 2.03. The van der Waals surface area contributed by atoms with Crippen LogP contribution in [0.25, 0.3) is 0 Å². The molecule has 2 aromatic rings. The van der Waals surface area contributed by atoms with Crippen LogP contribution in [0, 0.1) is 0 Å². The lowest BCUT2D eigenvalue weighted by atomic mass is 10.1. The van der Waals surface area contributed by atoms with Crippen LogP contribution in [0.2, 0.25) is 0 Å². The lowest BCUT2D eigenvalue weighted by Crippen LogP contribution is -2.25. The van der Waals surface area contributed by atoms with Crippen molar-refractivity contribution in [2.24, 2.45) is 0 Å². The number of carbonyl (C=O) groups is 2. The zero-order valence-electron chi connectivity index (χ0n) is 14.5. The number of carbonyl (C=O) groups excluding carboxylic acids is 2. The highest BCUT2D eigenvalue weighted by atomic mass is 16.6. The number of phenols is 1. The van der Waals surface area contributed by atoms with Gasteiger partial charge in [-0.2, -0.15) is 0 Å². The molecule has 0 aliphatic rings. The van der Waals surface area contributed by atoms with Gasteiger partial charge in [0.05, 0.1) is 6.42 Å². The highest BCUT2D eigenvalue weighted by Gasteiger charge is 2.18. The first-order valence-corrected chi connectivity index (χ1v) is 7.90. The molecule has 2 amide bonds. The molecule has 3 N–H and O–H groups in total. The predicted octanol–water partition coefficient (Wildman–Crippen LogP) is 3.92. The molecule has 0 bridgehead atoms. The molecule has 0 fully saturated rings. The summed E-state index contributed by atoms with van der Waals surface area (Å²) in [5.74, 6) is -0.241. The fraction of sp³-hybridized carbons (Fsp3) is 0.263. The number of esters is 1. The van der Waals surface area contributed by atoms with E-state index < -0.39 is 11.6 Å². The molecule has 6 heteroatoms. The van der Waals surface area contributed by atoms with Crippen LogP contribution in [0.1, 0.15) is 26.3 Å². The van der Waals surface area contributed by atoms with E-state index in [9.17, 15) is 14.7 Å². The molecule has 2 rings (SSSR count). The number of para-hydroxylation sites is 1. The molecule has 0 saturated carbocycles. The average Bonchev–Trinajstić information content (AvgIpc) is 2.49. The van der Waals surface area contributed by atoms with Gasteiger partial charge in [-0.15, -0.1) is 0 Å². The van der Waals surface area contributed by atoms with Crippen LogP contribution < -0.4 is 10.6 Å². The Bertz CT molecular complexity index is 749. The topological polar surface area (TPSA) is 87.7 Å². The summed E-state index contributed by atoms with van der Waals surface area (Å²) in [6.45, 7) is 5.42. The predicted molar refractivity (Wildman–Crippen MR) is 96.7 cm³/mol. The van der Waals surface area contributed by atoms with Crippen molar-refractivity contribution in [3.63, 3.8) is 0 Å². The van der Waals surface area contributed by atoms with E-state index in [0.29, 0.717) is 16.9 Å². The number of anilines is 2. The Kier molecular flexibility index (Phi) is 5.64.